The van der Waals surface area contributed by atoms with Crippen LogP contribution in [-0.4, -0.2) is 55.0 Å². The zero-order valence-corrected chi connectivity index (χ0v) is 24.2. The standard InChI is InChI=1S/C14H40O3Si6/c1-13(2)14(3)10-18-16-23(8,9)12-20-17-22(6,7)11-19-15-21(4)5/h13,21H,3,10-12,18-20H2,1-2,4-9H3. The Morgan fingerprint density at radius 3 is 1.91 bits per heavy atom. The van der Waals surface area contributed by atoms with E-state index in [-0.39, 0.29) is 9.76 Å². The second-order valence-corrected chi connectivity index (χ2v) is 26.7. The fourth-order valence-corrected chi connectivity index (χ4v) is 20.1. The van der Waals surface area contributed by atoms with Crippen molar-refractivity contribution in [3.8, 4) is 0 Å². The van der Waals surface area contributed by atoms with E-state index in [1.54, 1.807) is 0 Å². The molecular weight excluding hydrogens is 385 g/mol. The van der Waals surface area contributed by atoms with Gasteiger partial charge >= 0.3 is 0 Å². The van der Waals surface area contributed by atoms with Gasteiger partial charge in [-0.2, -0.15) is 0 Å². The Labute approximate surface area is 155 Å². The summed E-state index contributed by atoms with van der Waals surface area (Å²) in [4.78, 5) is 0. The van der Waals surface area contributed by atoms with Crippen LogP contribution >= 0.6 is 0 Å². The van der Waals surface area contributed by atoms with Crippen LogP contribution in [0.3, 0.4) is 0 Å². The molecule has 0 radical (unpaired) electrons. The van der Waals surface area contributed by atoms with Crippen molar-refractivity contribution in [2.24, 2.45) is 5.92 Å². The maximum Gasteiger partial charge on any atom is 0.171 e. The summed E-state index contributed by atoms with van der Waals surface area (Å²) in [6, 6.07) is 1.14. The van der Waals surface area contributed by atoms with Crippen LogP contribution in [0, 0.1) is 5.92 Å². The lowest BCUT2D eigenvalue weighted by Crippen LogP contribution is -2.39. The highest BCUT2D eigenvalue weighted by molar-refractivity contribution is 6.85. The fraction of sp³-hybridized carbons (Fsp3) is 0.857. The lowest BCUT2D eigenvalue weighted by atomic mass is 10.1. The van der Waals surface area contributed by atoms with E-state index in [0.717, 1.165) is 6.04 Å². The summed E-state index contributed by atoms with van der Waals surface area (Å²) in [6.45, 7) is 22.6. The normalized spacial score (nSPS) is 14.7. The largest absolute Gasteiger partial charge is 0.463 e. The van der Waals surface area contributed by atoms with E-state index in [1.807, 2.05) is 0 Å². The average Bonchev–Trinajstić information content (AvgIpc) is 2.36. The molecule has 0 aliphatic rings. The molecule has 0 aromatic heterocycles. The maximum absolute atomic E-state index is 6.41. The molecule has 0 spiro atoms. The van der Waals surface area contributed by atoms with Crippen LogP contribution in [0.2, 0.25) is 56.7 Å². The van der Waals surface area contributed by atoms with Gasteiger partial charge in [-0.1, -0.05) is 26.0 Å². The summed E-state index contributed by atoms with van der Waals surface area (Å²) in [5, 5.41) is 0. The van der Waals surface area contributed by atoms with Crippen LogP contribution in [0.25, 0.3) is 0 Å². The second kappa shape index (κ2) is 11.5. The predicted octanol–water partition coefficient (Wildman–Crippen LogP) is 2.23. The lowest BCUT2D eigenvalue weighted by Gasteiger charge is -2.28. The highest BCUT2D eigenvalue weighted by Gasteiger charge is 2.26. The average molecular weight is 425 g/mol. The first kappa shape index (κ1) is 23.9. The van der Waals surface area contributed by atoms with Gasteiger partial charge in [0.05, 0.1) is 0 Å². The van der Waals surface area contributed by atoms with E-state index in [0.29, 0.717) is 5.92 Å². The number of hydrogen-bond donors (Lipinski definition) is 0. The minimum absolute atomic E-state index is 0.335. The molecule has 138 valence electrons. The minimum Gasteiger partial charge on any atom is -0.463 e. The molecular formula is C14H40O3Si6. The van der Waals surface area contributed by atoms with Crippen LogP contribution in [0.1, 0.15) is 13.8 Å². The van der Waals surface area contributed by atoms with Gasteiger partial charge in [0.15, 0.2) is 35.4 Å². The fourth-order valence-electron chi connectivity index (χ4n) is 2.00. The first-order valence-corrected chi connectivity index (χ1v) is 22.8. The van der Waals surface area contributed by atoms with Gasteiger partial charge in [0.25, 0.3) is 0 Å². The summed E-state index contributed by atoms with van der Waals surface area (Å²) in [6.07, 6.45) is 0. The third kappa shape index (κ3) is 13.8. The van der Waals surface area contributed by atoms with Crippen molar-refractivity contribution < 1.29 is 12.3 Å². The summed E-state index contributed by atoms with van der Waals surface area (Å²) in [5.74, 6) is 0.598. The van der Waals surface area contributed by atoms with Crippen molar-refractivity contribution in [3.63, 3.8) is 0 Å². The monoisotopic (exact) mass is 424 g/mol. The first-order chi connectivity index (χ1) is 10.5. The molecule has 3 nitrogen and oxygen atoms in total. The smallest absolute Gasteiger partial charge is 0.171 e. The van der Waals surface area contributed by atoms with Gasteiger partial charge < -0.3 is 12.3 Å². The summed E-state index contributed by atoms with van der Waals surface area (Å²) >= 11 is 0. The SMILES string of the molecule is C=C(C[SiH2]O[Si](C)(C)C[SiH2]O[Si](C)(C)C[SiH2]O[SiH](C)C)C(C)C. The Kier molecular flexibility index (Phi) is 12.0. The van der Waals surface area contributed by atoms with E-state index in [9.17, 15) is 0 Å². The lowest BCUT2D eigenvalue weighted by molar-refractivity contribution is 0.569. The van der Waals surface area contributed by atoms with Crippen molar-refractivity contribution in [3.05, 3.63) is 12.2 Å². The highest BCUT2D eigenvalue weighted by atomic mass is 28.4. The Bertz CT molecular complexity index is 347. The van der Waals surface area contributed by atoms with Gasteiger partial charge in [-0.3, -0.25) is 0 Å². The summed E-state index contributed by atoms with van der Waals surface area (Å²) < 4.78 is 18.7. The molecule has 0 amide bonds. The van der Waals surface area contributed by atoms with Crippen LogP contribution < -0.4 is 0 Å². The zero-order chi connectivity index (χ0) is 18.1. The summed E-state index contributed by atoms with van der Waals surface area (Å²) in [5.41, 5.74) is 3.89. The van der Waals surface area contributed by atoms with Crippen molar-refractivity contribution in [1.82, 2.24) is 0 Å². The molecule has 0 rings (SSSR count). The van der Waals surface area contributed by atoms with Crippen molar-refractivity contribution in [2.75, 3.05) is 0 Å². The van der Waals surface area contributed by atoms with E-state index in [4.69, 9.17) is 12.3 Å². The van der Waals surface area contributed by atoms with E-state index in [2.05, 4.69) is 59.7 Å². The maximum atomic E-state index is 6.41. The van der Waals surface area contributed by atoms with E-state index < -0.39 is 45.2 Å². The molecule has 0 aliphatic carbocycles. The molecule has 0 saturated heterocycles. The second-order valence-electron chi connectivity index (χ2n) is 8.20. The topological polar surface area (TPSA) is 27.7 Å². The molecule has 0 unspecified atom stereocenters. The molecule has 0 aromatic carbocycles. The van der Waals surface area contributed by atoms with Crippen LogP contribution in [0.4, 0.5) is 0 Å². The highest BCUT2D eigenvalue weighted by Crippen LogP contribution is 2.16. The number of hydrogen-bond acceptors (Lipinski definition) is 3. The molecule has 0 heterocycles. The van der Waals surface area contributed by atoms with Crippen molar-refractivity contribution in [2.45, 2.75) is 70.5 Å². The molecule has 0 aliphatic heterocycles. The van der Waals surface area contributed by atoms with Crippen molar-refractivity contribution in [1.29, 1.82) is 0 Å². The number of rotatable bonds is 13. The van der Waals surface area contributed by atoms with Crippen LogP contribution in [-0.2, 0) is 12.3 Å². The first-order valence-electron chi connectivity index (χ1n) is 9.02. The van der Waals surface area contributed by atoms with Gasteiger partial charge in [0.1, 0.15) is 19.5 Å². The molecule has 0 bridgehead atoms. The molecule has 23 heavy (non-hydrogen) atoms. The molecule has 0 saturated carbocycles. The van der Waals surface area contributed by atoms with Gasteiger partial charge in [0.2, 0.25) is 0 Å². The van der Waals surface area contributed by atoms with E-state index >= 15 is 0 Å². The Morgan fingerprint density at radius 2 is 1.43 bits per heavy atom. The molecule has 9 heteroatoms. The van der Waals surface area contributed by atoms with Crippen LogP contribution in [0.15, 0.2) is 12.2 Å². The molecule has 0 atom stereocenters. The van der Waals surface area contributed by atoms with E-state index in [1.165, 1.54) is 16.9 Å². The van der Waals surface area contributed by atoms with Crippen LogP contribution in [0.5, 0.6) is 0 Å². The van der Waals surface area contributed by atoms with Gasteiger partial charge in [-0.15, -0.1) is 0 Å². The Morgan fingerprint density at radius 1 is 0.957 bits per heavy atom. The quantitative estimate of drug-likeness (QED) is 0.335. The van der Waals surface area contributed by atoms with Gasteiger partial charge in [0, 0.05) is 0 Å². The van der Waals surface area contributed by atoms with Crippen molar-refractivity contribution >= 4 is 55.0 Å². The number of allylic oxidation sites excluding steroid dienone is 1. The van der Waals surface area contributed by atoms with Gasteiger partial charge in [-0.05, 0) is 62.6 Å². The molecule has 0 aromatic rings. The minimum atomic E-state index is -1.49. The third-order valence-electron chi connectivity index (χ3n) is 4.08. The zero-order valence-electron chi connectivity index (χ0n) is 16.8. The predicted molar refractivity (Wildman–Crippen MR) is 121 cm³/mol. The third-order valence-corrected chi connectivity index (χ3v) is 27.7. The van der Waals surface area contributed by atoms with Gasteiger partial charge in [-0.25, -0.2) is 0 Å². The Balaban J connectivity index is 3.96. The Hall–Kier alpha value is 0.921. The molecule has 0 N–H and O–H groups in total. The summed E-state index contributed by atoms with van der Waals surface area (Å²) in [7, 11) is -4.96. The molecule has 0 fully saturated rings.